The lowest BCUT2D eigenvalue weighted by Gasteiger charge is -2.22. The summed E-state index contributed by atoms with van der Waals surface area (Å²) in [6.45, 7) is 3.91. The van der Waals surface area contributed by atoms with Crippen LogP contribution < -0.4 is 5.32 Å². The lowest BCUT2D eigenvalue weighted by Crippen LogP contribution is -2.30. The summed E-state index contributed by atoms with van der Waals surface area (Å²) in [5, 5.41) is 11.5. The maximum Gasteiger partial charge on any atom is 0.407 e. The first kappa shape index (κ1) is 32.6. The van der Waals surface area contributed by atoms with Crippen LogP contribution in [0, 0.1) is 25.7 Å². The highest BCUT2D eigenvalue weighted by atomic mass is 32.2. The molecule has 2 N–H and O–H groups in total. The van der Waals surface area contributed by atoms with Crippen molar-refractivity contribution in [3.8, 4) is 11.8 Å². The maximum absolute atomic E-state index is 13.8. The van der Waals surface area contributed by atoms with E-state index < -0.39 is 38.2 Å². The van der Waals surface area contributed by atoms with Crippen molar-refractivity contribution < 1.29 is 36.3 Å². The van der Waals surface area contributed by atoms with Crippen molar-refractivity contribution >= 4 is 32.1 Å². The number of aromatic nitrogens is 2. The van der Waals surface area contributed by atoms with Gasteiger partial charge >= 0.3 is 12.1 Å². The van der Waals surface area contributed by atoms with E-state index in [1.165, 1.54) is 42.7 Å². The van der Waals surface area contributed by atoms with Crippen LogP contribution >= 0.6 is 0 Å². The molecule has 0 saturated carbocycles. The van der Waals surface area contributed by atoms with Gasteiger partial charge in [-0.25, -0.2) is 29.6 Å². The van der Waals surface area contributed by atoms with E-state index in [2.05, 4.69) is 17.2 Å². The van der Waals surface area contributed by atoms with Crippen molar-refractivity contribution in [3.63, 3.8) is 0 Å². The summed E-state index contributed by atoms with van der Waals surface area (Å²) in [6, 6.07) is 15.8. The highest BCUT2D eigenvalue weighted by Crippen LogP contribution is 2.33. The Morgan fingerprint density at radius 3 is 2.02 bits per heavy atom. The van der Waals surface area contributed by atoms with Gasteiger partial charge in [-0.1, -0.05) is 47.7 Å². The summed E-state index contributed by atoms with van der Waals surface area (Å²) < 4.78 is 62.8. The molecule has 2 heterocycles. The number of unbranched alkanes of at least 4 members (excludes halogenated alkanes) is 2. The smallest absolute Gasteiger partial charge is 0.407 e. The van der Waals surface area contributed by atoms with Gasteiger partial charge in [0.05, 0.1) is 21.0 Å². The van der Waals surface area contributed by atoms with E-state index in [-0.39, 0.29) is 46.1 Å². The summed E-state index contributed by atoms with van der Waals surface area (Å²) >= 11 is 0. The number of nitrogens with zero attached hydrogens (tertiary/aromatic N) is 2. The Morgan fingerprint density at radius 1 is 0.826 bits per heavy atom. The normalized spacial score (nSPS) is 14.2. The number of carbonyl (C=O) groups excluding carboxylic acids is 1. The zero-order valence-corrected chi connectivity index (χ0v) is 26.9. The molecule has 0 bridgehead atoms. The van der Waals surface area contributed by atoms with Gasteiger partial charge in [0.15, 0.2) is 0 Å². The molecule has 0 saturated heterocycles. The number of fused-ring (bicyclic) bond motifs is 2. The lowest BCUT2D eigenvalue weighted by molar-refractivity contribution is -0.137. The van der Waals surface area contributed by atoms with Crippen LogP contribution in [0.15, 0.2) is 82.8 Å². The molecular weight excluding hydrogens is 631 g/mol. The average Bonchev–Trinajstić information content (AvgIpc) is 3.61. The van der Waals surface area contributed by atoms with Crippen LogP contribution in [0.1, 0.15) is 65.4 Å². The van der Waals surface area contributed by atoms with Gasteiger partial charge in [0.2, 0.25) is 0 Å². The van der Waals surface area contributed by atoms with E-state index >= 15 is 0 Å². The van der Waals surface area contributed by atoms with E-state index in [9.17, 15) is 26.4 Å². The van der Waals surface area contributed by atoms with Crippen molar-refractivity contribution in [1.29, 1.82) is 0 Å². The fourth-order valence-electron chi connectivity index (χ4n) is 5.12. The zero-order chi connectivity index (χ0) is 33.1. The summed E-state index contributed by atoms with van der Waals surface area (Å²) in [5.74, 6) is 4.97. The number of aryl methyl sites for hydroxylation is 2. The predicted octanol–water partition coefficient (Wildman–Crippen LogP) is 4.75. The second-order valence-electron chi connectivity index (χ2n) is 11.0. The number of amides is 1. The molecule has 1 atom stereocenters. The van der Waals surface area contributed by atoms with Gasteiger partial charge in [0.25, 0.3) is 20.0 Å². The van der Waals surface area contributed by atoms with Crippen LogP contribution in [0.2, 0.25) is 0 Å². The largest absolute Gasteiger partial charge is 0.481 e. The first-order valence-electron chi connectivity index (χ1n) is 14.6. The lowest BCUT2D eigenvalue weighted by atomic mass is 10.0. The van der Waals surface area contributed by atoms with Crippen LogP contribution in [-0.4, -0.2) is 48.5 Å². The molecule has 4 aromatic rings. The topological polar surface area (TPSA) is 154 Å². The Hall–Kier alpha value is -4.80. The zero-order valence-electron chi connectivity index (χ0n) is 25.3. The van der Waals surface area contributed by atoms with Gasteiger partial charge < -0.3 is 15.2 Å². The minimum absolute atomic E-state index is 0.0321. The van der Waals surface area contributed by atoms with E-state index in [1.54, 1.807) is 30.3 Å². The molecule has 1 aliphatic rings. The minimum atomic E-state index is -4.13. The Labute approximate surface area is 267 Å². The van der Waals surface area contributed by atoms with Crippen molar-refractivity contribution in [3.05, 3.63) is 107 Å². The van der Waals surface area contributed by atoms with Gasteiger partial charge in [0, 0.05) is 31.8 Å². The molecule has 1 amide bonds. The number of alkyl carbamates (subject to hydrolysis) is 1. The molecule has 240 valence electrons. The van der Waals surface area contributed by atoms with Gasteiger partial charge in [0.1, 0.15) is 11.8 Å². The summed E-state index contributed by atoms with van der Waals surface area (Å²) in [5.41, 5.74) is 2.79. The number of carboxylic acids is 1. The van der Waals surface area contributed by atoms with Crippen LogP contribution in [0.25, 0.3) is 0 Å². The number of nitrogens with one attached hydrogen (secondary N) is 1. The Bertz CT molecular complexity index is 2050. The molecule has 46 heavy (non-hydrogen) atoms. The molecule has 13 heteroatoms. The third-order valence-electron chi connectivity index (χ3n) is 7.59. The van der Waals surface area contributed by atoms with Gasteiger partial charge in [-0.15, -0.1) is 0 Å². The van der Waals surface area contributed by atoms with Crippen LogP contribution in [0.4, 0.5) is 4.79 Å². The molecule has 0 radical (unpaired) electrons. The van der Waals surface area contributed by atoms with Crippen molar-refractivity contribution in [1.82, 2.24) is 13.3 Å². The number of hydrogen-bond acceptors (Lipinski definition) is 7. The van der Waals surface area contributed by atoms with E-state index in [1.807, 2.05) is 13.8 Å². The van der Waals surface area contributed by atoms with Crippen LogP contribution in [0.3, 0.4) is 0 Å². The predicted molar refractivity (Wildman–Crippen MR) is 169 cm³/mol. The highest BCUT2D eigenvalue weighted by molar-refractivity contribution is 7.90. The quantitative estimate of drug-likeness (QED) is 0.172. The number of hydrogen-bond donors (Lipinski definition) is 2. The van der Waals surface area contributed by atoms with Gasteiger partial charge in [-0.3, -0.25) is 4.79 Å². The molecule has 1 unspecified atom stereocenters. The Morgan fingerprint density at radius 2 is 1.41 bits per heavy atom. The minimum Gasteiger partial charge on any atom is -0.481 e. The first-order chi connectivity index (χ1) is 21.9. The molecule has 0 aliphatic heterocycles. The average molecular weight is 664 g/mol. The Balaban J connectivity index is 1.52. The third-order valence-corrected chi connectivity index (χ3v) is 11.0. The molecular formula is C33H33N3O8S2. The molecule has 1 aliphatic carbocycles. The van der Waals surface area contributed by atoms with Gasteiger partial charge in [-0.05, 0) is 74.6 Å². The number of aliphatic carboxylic acids is 1. The fourth-order valence-corrected chi connectivity index (χ4v) is 7.85. The molecule has 5 rings (SSSR count). The number of benzene rings is 2. The summed E-state index contributed by atoms with van der Waals surface area (Å²) in [7, 11) is -8.16. The SMILES string of the molecule is Cc1ccc(S(=O)(=O)n2ccc3c2C#Cc2ccn(S(=O)(=O)c4ccc(C)cc4)c2C(OC(=O)NCCCCCC(=O)O)C3)cc1. The third kappa shape index (κ3) is 6.88. The van der Waals surface area contributed by atoms with E-state index in [0.717, 1.165) is 19.1 Å². The number of carboxylic acid groups (broad SMARTS) is 1. The molecule has 2 aromatic carbocycles. The second kappa shape index (κ2) is 13.3. The van der Waals surface area contributed by atoms with Crippen molar-refractivity contribution in [2.24, 2.45) is 0 Å². The summed E-state index contributed by atoms with van der Waals surface area (Å²) in [4.78, 5) is 23.9. The van der Waals surface area contributed by atoms with Crippen molar-refractivity contribution in [2.45, 2.75) is 61.8 Å². The monoisotopic (exact) mass is 663 g/mol. The van der Waals surface area contributed by atoms with Gasteiger partial charge in [-0.2, -0.15) is 0 Å². The molecule has 0 spiro atoms. The van der Waals surface area contributed by atoms with Crippen LogP contribution in [-0.2, 0) is 36.0 Å². The number of carbonyl (C=O) groups is 2. The Kier molecular flexibility index (Phi) is 9.41. The van der Waals surface area contributed by atoms with Crippen molar-refractivity contribution in [2.75, 3.05) is 6.54 Å². The highest BCUT2D eigenvalue weighted by Gasteiger charge is 2.32. The fraction of sp³-hybridized carbons (Fsp3) is 0.273. The summed E-state index contributed by atoms with van der Waals surface area (Å²) in [6.07, 6.45) is 2.30. The number of rotatable bonds is 11. The number of ether oxygens (including phenoxy) is 1. The molecule has 2 aromatic heterocycles. The second-order valence-corrected chi connectivity index (χ2v) is 14.6. The van der Waals surface area contributed by atoms with E-state index in [0.29, 0.717) is 24.8 Å². The standard InChI is InChI=1S/C33H33N3O8S2/c1-23-7-12-27(13-8-23)45(40,41)35-20-18-26-22-30(44-33(39)34-19-5-3-4-6-31(37)38)32-25(11-16-29(26)35)17-21-36(32)46(42,43)28-14-9-24(2)10-15-28/h7-10,12-15,17-18,20-21,30H,3-6,19,22H2,1-2H3,(H,34,39)(H,37,38). The van der Waals surface area contributed by atoms with Crippen LogP contribution in [0.5, 0.6) is 0 Å². The molecule has 11 nitrogen and oxygen atoms in total. The first-order valence-corrected chi connectivity index (χ1v) is 17.5. The maximum atomic E-state index is 13.8. The molecule has 0 fully saturated rings. The van der Waals surface area contributed by atoms with E-state index in [4.69, 9.17) is 9.84 Å².